The maximum atomic E-state index is 11.8. The van der Waals surface area contributed by atoms with E-state index in [9.17, 15) is 9.59 Å². The molecule has 16 heavy (non-hydrogen) atoms. The second-order valence-corrected chi connectivity index (χ2v) is 4.48. The summed E-state index contributed by atoms with van der Waals surface area (Å²) in [5, 5.41) is 8.55. The Morgan fingerprint density at radius 1 is 1.69 bits per heavy atom. The number of rotatable bonds is 3. The molecule has 5 nitrogen and oxygen atoms in total. The quantitative estimate of drug-likeness (QED) is 0.666. The number of aliphatic carboxylic acids is 1. The predicted octanol–water partition coefficient (Wildman–Crippen LogP) is 1.19. The minimum absolute atomic E-state index is 0.147. The number of aryl methyl sites for hydroxylation is 1. The average molecular weight is 334 g/mol. The van der Waals surface area contributed by atoms with Crippen molar-refractivity contribution >= 4 is 28.6 Å². The molecule has 0 aliphatic heterocycles. The summed E-state index contributed by atoms with van der Waals surface area (Å²) in [4.78, 5) is 26.2. The fourth-order valence-corrected chi connectivity index (χ4v) is 1.63. The second-order valence-electron chi connectivity index (χ2n) is 3.41. The van der Waals surface area contributed by atoms with Gasteiger partial charge in [0.1, 0.15) is 0 Å². The molecule has 1 heterocycles. The van der Waals surface area contributed by atoms with Gasteiger partial charge in [-0.25, -0.2) is 9.78 Å². The maximum absolute atomic E-state index is 11.8. The van der Waals surface area contributed by atoms with Crippen molar-refractivity contribution in [1.82, 2.24) is 9.55 Å². The highest BCUT2D eigenvalue weighted by atomic mass is 127. The molecule has 1 N–H and O–H groups in total. The molecular weight excluding hydrogens is 323 g/mol. The first-order valence-electron chi connectivity index (χ1n) is 4.53. The molecule has 0 aliphatic carbocycles. The third-order valence-corrected chi connectivity index (χ3v) is 3.19. The third-order valence-electron chi connectivity index (χ3n) is 1.95. The number of carboxylic acids is 1. The number of hydrogen-bond acceptors (Lipinski definition) is 3. The molecule has 0 fully saturated rings. The summed E-state index contributed by atoms with van der Waals surface area (Å²) in [6, 6.07) is 0. The van der Waals surface area contributed by atoms with Crippen LogP contribution in [0.15, 0.2) is 22.8 Å². The monoisotopic (exact) mass is 334 g/mol. The smallest absolute Gasteiger partial charge is 0.328 e. The number of carboxylic acid groups (broad SMARTS) is 1. The summed E-state index contributed by atoms with van der Waals surface area (Å²) in [5.41, 5.74) is 1.13. The van der Waals surface area contributed by atoms with E-state index in [2.05, 4.69) is 4.98 Å². The van der Waals surface area contributed by atoms with Gasteiger partial charge < -0.3 is 5.11 Å². The van der Waals surface area contributed by atoms with Crippen molar-refractivity contribution < 1.29 is 9.90 Å². The van der Waals surface area contributed by atoms with Crippen LogP contribution in [0.3, 0.4) is 0 Å². The summed E-state index contributed by atoms with van der Waals surface area (Å²) >= 11 is 1.94. The van der Waals surface area contributed by atoms with Gasteiger partial charge in [0, 0.05) is 12.6 Å². The van der Waals surface area contributed by atoms with Crippen molar-refractivity contribution in [2.24, 2.45) is 0 Å². The molecule has 0 spiro atoms. The van der Waals surface area contributed by atoms with E-state index >= 15 is 0 Å². The summed E-state index contributed by atoms with van der Waals surface area (Å²) in [6.07, 6.45) is 2.51. The van der Waals surface area contributed by atoms with Crippen LogP contribution in [0, 0.1) is 10.5 Å². The van der Waals surface area contributed by atoms with Crippen molar-refractivity contribution in [3.63, 3.8) is 0 Å². The average Bonchev–Trinajstić information content (AvgIpc) is 2.18. The lowest BCUT2D eigenvalue weighted by molar-refractivity contribution is -0.131. The largest absolute Gasteiger partial charge is 0.478 e. The van der Waals surface area contributed by atoms with Crippen LogP contribution in [0.2, 0.25) is 0 Å². The van der Waals surface area contributed by atoms with E-state index in [1.807, 2.05) is 22.6 Å². The van der Waals surface area contributed by atoms with Crippen molar-refractivity contribution in [2.75, 3.05) is 0 Å². The van der Waals surface area contributed by atoms with Gasteiger partial charge in [0.25, 0.3) is 5.56 Å². The van der Waals surface area contributed by atoms with Crippen LogP contribution in [-0.2, 0) is 11.3 Å². The van der Waals surface area contributed by atoms with Crippen LogP contribution in [0.25, 0.3) is 0 Å². The van der Waals surface area contributed by atoms with E-state index in [0.717, 1.165) is 6.08 Å². The van der Waals surface area contributed by atoms with Gasteiger partial charge in [-0.05, 0) is 42.0 Å². The lowest BCUT2D eigenvalue weighted by atomic mass is 10.3. The topological polar surface area (TPSA) is 72.2 Å². The fourth-order valence-electron chi connectivity index (χ4n) is 1.18. The molecule has 0 unspecified atom stereocenters. The zero-order valence-electron chi connectivity index (χ0n) is 8.90. The van der Waals surface area contributed by atoms with Crippen molar-refractivity contribution in [3.05, 3.63) is 37.6 Å². The highest BCUT2D eigenvalue weighted by molar-refractivity contribution is 14.1. The molecule has 1 aromatic rings. The Kier molecular flexibility index (Phi) is 4.22. The zero-order chi connectivity index (χ0) is 12.3. The first-order chi connectivity index (χ1) is 7.41. The van der Waals surface area contributed by atoms with Crippen LogP contribution in [-0.4, -0.2) is 20.6 Å². The standard InChI is InChI=1S/C10H11IN2O3/c1-6(3-8(14)15)4-13-5-12-7(2)9(11)10(13)16/h3,5H,4H2,1-2H3,(H,14,15). The molecule has 6 heteroatoms. The van der Waals surface area contributed by atoms with E-state index in [1.165, 1.54) is 10.9 Å². The Labute approximate surface area is 106 Å². The van der Waals surface area contributed by atoms with Gasteiger partial charge in [0.05, 0.1) is 15.6 Å². The molecule has 0 saturated heterocycles. The molecule has 0 saturated carbocycles. The predicted molar refractivity (Wildman–Crippen MR) is 67.3 cm³/mol. The Balaban J connectivity index is 3.04. The normalized spacial score (nSPS) is 11.6. The molecule has 1 rings (SSSR count). The minimum Gasteiger partial charge on any atom is -0.478 e. The van der Waals surface area contributed by atoms with E-state index in [4.69, 9.17) is 5.11 Å². The number of hydrogen-bond donors (Lipinski definition) is 1. The molecule has 1 aromatic heterocycles. The van der Waals surface area contributed by atoms with E-state index in [1.54, 1.807) is 13.8 Å². The number of carbonyl (C=O) groups is 1. The fraction of sp³-hybridized carbons (Fsp3) is 0.300. The molecule has 0 amide bonds. The minimum atomic E-state index is -1.01. The molecule has 0 atom stereocenters. The zero-order valence-corrected chi connectivity index (χ0v) is 11.1. The SMILES string of the molecule is CC(=CC(=O)O)Cn1cnc(C)c(I)c1=O. The maximum Gasteiger partial charge on any atom is 0.328 e. The van der Waals surface area contributed by atoms with Gasteiger partial charge in [-0.15, -0.1) is 0 Å². The molecule has 0 bridgehead atoms. The summed E-state index contributed by atoms with van der Waals surface area (Å²) < 4.78 is 1.95. The lowest BCUT2D eigenvalue weighted by Gasteiger charge is -2.06. The Morgan fingerprint density at radius 2 is 2.31 bits per heavy atom. The molecule has 0 aromatic carbocycles. The Morgan fingerprint density at radius 3 is 2.88 bits per heavy atom. The summed E-state index contributed by atoms with van der Waals surface area (Å²) in [6.45, 7) is 3.66. The molecule has 0 radical (unpaired) electrons. The van der Waals surface area contributed by atoms with Crippen LogP contribution < -0.4 is 5.56 Å². The van der Waals surface area contributed by atoms with Gasteiger partial charge in [-0.3, -0.25) is 9.36 Å². The third kappa shape index (κ3) is 3.16. The summed E-state index contributed by atoms with van der Waals surface area (Å²) in [7, 11) is 0. The number of halogens is 1. The van der Waals surface area contributed by atoms with Gasteiger partial charge in [0.15, 0.2) is 0 Å². The van der Waals surface area contributed by atoms with E-state index < -0.39 is 5.97 Å². The van der Waals surface area contributed by atoms with Crippen LogP contribution in [0.4, 0.5) is 0 Å². The van der Waals surface area contributed by atoms with Crippen LogP contribution in [0.5, 0.6) is 0 Å². The van der Waals surface area contributed by atoms with Gasteiger partial charge in [0.2, 0.25) is 0 Å². The number of aromatic nitrogens is 2. The van der Waals surface area contributed by atoms with Gasteiger partial charge in [-0.1, -0.05) is 0 Å². The Hall–Kier alpha value is -1.18. The first kappa shape index (κ1) is 12.9. The van der Waals surface area contributed by atoms with E-state index in [-0.39, 0.29) is 12.1 Å². The molecule has 86 valence electrons. The second kappa shape index (κ2) is 5.24. The van der Waals surface area contributed by atoms with Crippen LogP contribution >= 0.6 is 22.6 Å². The van der Waals surface area contributed by atoms with Crippen molar-refractivity contribution in [3.8, 4) is 0 Å². The Bertz CT molecular complexity index is 505. The molecule has 0 aliphatic rings. The summed E-state index contributed by atoms with van der Waals surface area (Å²) in [5.74, 6) is -1.01. The lowest BCUT2D eigenvalue weighted by Crippen LogP contribution is -2.24. The first-order valence-corrected chi connectivity index (χ1v) is 5.61. The van der Waals surface area contributed by atoms with E-state index in [0.29, 0.717) is 14.8 Å². The highest BCUT2D eigenvalue weighted by Crippen LogP contribution is 2.03. The number of nitrogens with zero attached hydrogens (tertiary/aromatic N) is 2. The van der Waals surface area contributed by atoms with Gasteiger partial charge >= 0.3 is 5.97 Å². The van der Waals surface area contributed by atoms with Crippen LogP contribution in [0.1, 0.15) is 12.6 Å². The number of allylic oxidation sites excluding steroid dienone is 1. The van der Waals surface area contributed by atoms with Gasteiger partial charge in [-0.2, -0.15) is 0 Å². The van der Waals surface area contributed by atoms with Crippen molar-refractivity contribution in [2.45, 2.75) is 20.4 Å². The van der Waals surface area contributed by atoms with Crippen molar-refractivity contribution in [1.29, 1.82) is 0 Å². The highest BCUT2D eigenvalue weighted by Gasteiger charge is 2.05. The molecular formula is C10H11IN2O3.